The van der Waals surface area contributed by atoms with Crippen LogP contribution in [0.4, 0.5) is 0 Å². The second-order valence-corrected chi connectivity index (χ2v) is 14.5. The number of aromatic amines is 1. The molecule has 12 heteroatoms. The minimum Gasteiger partial charge on any atom is -0.657 e. The van der Waals surface area contributed by atoms with Crippen LogP contribution in [-0.2, 0) is 28.0 Å². The van der Waals surface area contributed by atoms with Crippen LogP contribution >= 0.6 is 0 Å². The molecule has 10 rings (SSSR count). The Labute approximate surface area is 367 Å². The van der Waals surface area contributed by atoms with Gasteiger partial charge in [-0.2, -0.15) is 0 Å². The van der Waals surface area contributed by atoms with Crippen molar-refractivity contribution in [3.05, 3.63) is 169 Å². The number of benzene rings is 1. The third-order valence-corrected chi connectivity index (χ3v) is 10.6. The summed E-state index contributed by atoms with van der Waals surface area (Å²) in [5.41, 5.74) is 14.4. The zero-order chi connectivity index (χ0) is 41.0. The van der Waals surface area contributed by atoms with Crippen molar-refractivity contribution in [3.8, 4) is 50.3 Å². The van der Waals surface area contributed by atoms with E-state index in [1.807, 2.05) is 128 Å². The number of nitrogens with one attached hydrogen (secondary N) is 2. The summed E-state index contributed by atoms with van der Waals surface area (Å²) in [4.78, 5) is 49.4. The molecule has 303 valence electrons. The average molecular weight is 855 g/mol. The number of carbonyl (C=O) groups excluding carboxylic acids is 1. The fourth-order valence-electron chi connectivity index (χ4n) is 7.75. The van der Waals surface area contributed by atoms with E-state index in [1.54, 1.807) is 37.2 Å². The summed E-state index contributed by atoms with van der Waals surface area (Å²) in [6.45, 7) is 0.986. The van der Waals surface area contributed by atoms with Crippen molar-refractivity contribution in [2.45, 2.75) is 12.8 Å². The Morgan fingerprint density at radius 2 is 0.968 bits per heavy atom. The molecule has 0 saturated carbocycles. The maximum absolute atomic E-state index is 12.3. The molecule has 0 aliphatic carbocycles. The summed E-state index contributed by atoms with van der Waals surface area (Å²) in [5.74, 6) is 0.712. The second-order valence-electron chi connectivity index (χ2n) is 14.5. The number of rotatable bonds is 11. The van der Waals surface area contributed by atoms with Gasteiger partial charge in [-0.25, -0.2) is 9.97 Å². The van der Waals surface area contributed by atoms with Crippen LogP contribution in [0.1, 0.15) is 34.8 Å². The van der Waals surface area contributed by atoms with Crippen LogP contribution in [0.2, 0.25) is 0 Å². The predicted octanol–water partition coefficient (Wildman–Crippen LogP) is 9.22. The van der Waals surface area contributed by atoms with Crippen molar-refractivity contribution in [1.29, 1.82) is 0 Å². The number of ether oxygens (including phenoxy) is 1. The van der Waals surface area contributed by atoms with Gasteiger partial charge in [0.2, 0.25) is 5.91 Å². The second kappa shape index (κ2) is 17.9. The van der Waals surface area contributed by atoms with E-state index >= 15 is 0 Å². The maximum Gasteiger partial charge on any atom is 2.00 e. The predicted molar refractivity (Wildman–Crippen MR) is 240 cm³/mol. The largest absolute Gasteiger partial charge is 2.00 e. The van der Waals surface area contributed by atoms with Gasteiger partial charge in [0.25, 0.3) is 0 Å². The van der Waals surface area contributed by atoms with Gasteiger partial charge in [0.05, 0.1) is 35.8 Å². The Kier molecular flexibility index (Phi) is 11.5. The van der Waals surface area contributed by atoms with E-state index in [1.165, 1.54) is 0 Å². The fraction of sp³-hybridized carbons (Fsp3) is 0.0800. The zero-order valence-corrected chi connectivity index (χ0v) is 34.2. The fourth-order valence-corrected chi connectivity index (χ4v) is 7.75. The van der Waals surface area contributed by atoms with Crippen molar-refractivity contribution in [2.75, 3.05) is 13.2 Å². The van der Waals surface area contributed by atoms with Gasteiger partial charge in [0.1, 0.15) is 5.75 Å². The molecule has 2 N–H and O–H groups in total. The maximum atomic E-state index is 12.3. The SMILES string of the molecule is O=C(Cc1cc[nH]c1)NCCCOc1ccc(-c2c3nc(c(-c4ccncc4)c4ccc([n-]4)c(-c4ccncc4)c4nc(c(-c5ccncc5)c5ccc2[n-]5)C=C4)C=C3)cc1.[Co+2]. The summed E-state index contributed by atoms with van der Waals surface area (Å²) < 4.78 is 6.11. The van der Waals surface area contributed by atoms with Gasteiger partial charge < -0.3 is 25.0 Å². The van der Waals surface area contributed by atoms with Crippen LogP contribution in [0.15, 0.2) is 141 Å². The van der Waals surface area contributed by atoms with Crippen molar-refractivity contribution in [2.24, 2.45) is 0 Å². The molecule has 0 atom stereocenters. The van der Waals surface area contributed by atoms with Crippen molar-refractivity contribution >= 4 is 52.3 Å². The topological polar surface area (TPSA) is 147 Å². The van der Waals surface area contributed by atoms with Crippen molar-refractivity contribution in [1.82, 2.24) is 45.2 Å². The summed E-state index contributed by atoms with van der Waals surface area (Å²) in [6, 6.07) is 30.0. The van der Waals surface area contributed by atoms with Gasteiger partial charge in [-0.1, -0.05) is 36.4 Å². The van der Waals surface area contributed by atoms with Gasteiger partial charge in [0.15, 0.2) is 0 Å². The van der Waals surface area contributed by atoms with Gasteiger partial charge in [0, 0.05) is 56.1 Å². The average Bonchev–Trinajstić information content (AvgIpc) is 4.17. The van der Waals surface area contributed by atoms with Gasteiger partial charge in [-0.15, -0.1) is 22.1 Å². The molecule has 8 bridgehead atoms. The van der Waals surface area contributed by atoms with E-state index in [-0.39, 0.29) is 22.7 Å². The summed E-state index contributed by atoms with van der Waals surface area (Å²) >= 11 is 0. The van der Waals surface area contributed by atoms with Gasteiger partial charge in [-0.05, 0) is 135 Å². The third kappa shape index (κ3) is 8.24. The van der Waals surface area contributed by atoms with Crippen LogP contribution in [-0.4, -0.2) is 49.0 Å². The molecule has 8 aromatic rings. The van der Waals surface area contributed by atoms with Crippen LogP contribution in [0.5, 0.6) is 5.75 Å². The monoisotopic (exact) mass is 854 g/mol. The minimum absolute atomic E-state index is 0. The molecule has 1 amide bonds. The first kappa shape index (κ1) is 39.8. The summed E-state index contributed by atoms with van der Waals surface area (Å²) in [5, 5.41) is 2.97. The van der Waals surface area contributed by atoms with Crippen LogP contribution in [0, 0.1) is 0 Å². The van der Waals surface area contributed by atoms with Crippen LogP contribution < -0.4 is 20.0 Å². The first-order chi connectivity index (χ1) is 30.1. The molecule has 0 spiro atoms. The van der Waals surface area contributed by atoms with Crippen molar-refractivity contribution < 1.29 is 26.3 Å². The number of fused-ring (bicyclic) bond motifs is 8. The van der Waals surface area contributed by atoms with E-state index in [9.17, 15) is 4.79 Å². The first-order valence-electron chi connectivity index (χ1n) is 20.0. The molecular weight excluding hydrogens is 818 g/mol. The number of pyridine rings is 3. The molecule has 62 heavy (non-hydrogen) atoms. The molecule has 11 nitrogen and oxygen atoms in total. The molecule has 7 aromatic heterocycles. The van der Waals surface area contributed by atoms with Gasteiger partial charge >= 0.3 is 16.8 Å². The van der Waals surface area contributed by atoms with E-state index in [0.29, 0.717) is 26.0 Å². The molecule has 2 aliphatic heterocycles. The van der Waals surface area contributed by atoms with Crippen LogP contribution in [0.25, 0.3) is 90.9 Å². The zero-order valence-electron chi connectivity index (χ0n) is 33.2. The summed E-state index contributed by atoms with van der Waals surface area (Å²) in [6.07, 6.45) is 23.6. The quantitative estimate of drug-likeness (QED) is 0.122. The molecule has 0 unspecified atom stereocenters. The number of aromatic nitrogens is 8. The van der Waals surface area contributed by atoms with Crippen molar-refractivity contribution in [3.63, 3.8) is 0 Å². The molecule has 0 saturated heterocycles. The van der Waals surface area contributed by atoms with E-state index in [4.69, 9.17) is 24.7 Å². The molecule has 1 radical (unpaired) electrons. The molecule has 1 aromatic carbocycles. The molecule has 2 aliphatic rings. The van der Waals surface area contributed by atoms with Gasteiger partial charge in [-0.3, -0.25) is 19.7 Å². The molecular formula is C50H37CoN9O2. The summed E-state index contributed by atoms with van der Waals surface area (Å²) in [7, 11) is 0. The molecule has 0 fully saturated rings. The third-order valence-electron chi connectivity index (χ3n) is 10.6. The van der Waals surface area contributed by atoms with Crippen LogP contribution in [0.3, 0.4) is 0 Å². The normalized spacial score (nSPS) is 11.6. The number of carbonyl (C=O) groups is 1. The number of hydrogen-bond acceptors (Lipinski definition) is 7. The first-order valence-corrected chi connectivity index (χ1v) is 20.0. The Hall–Kier alpha value is -7.67. The Morgan fingerprint density at radius 3 is 1.37 bits per heavy atom. The smallest absolute Gasteiger partial charge is 0.657 e. The van der Waals surface area contributed by atoms with E-state index in [0.717, 1.165) is 101 Å². The number of hydrogen-bond donors (Lipinski definition) is 2. The number of H-pyrrole nitrogens is 1. The Bertz CT molecular complexity index is 3050. The van der Waals surface area contributed by atoms with E-state index < -0.39 is 0 Å². The van der Waals surface area contributed by atoms with E-state index in [2.05, 4.69) is 25.3 Å². The number of amides is 1. The number of nitrogens with zero attached hydrogens (tertiary/aromatic N) is 7. The molecule has 9 heterocycles. The Morgan fingerprint density at radius 1 is 0.548 bits per heavy atom. The minimum atomic E-state index is -0.0139. The standard InChI is InChI=1S/C50H38N9O2.Co/c60-46(30-32-14-22-54-31-32)55-21-1-29-61-37-4-2-33(3-5-37)47-38-6-8-40(56-38)48(34-15-23-51-24-16-34)42-10-12-44(58-42)50(36-19-27-53-28-20-36)45-13-11-43(59-45)49(35-17-25-52-26-18-35)41-9-7-39(47)57-41;/h2-20,22-28,31,54H,1,21,29-30H2,(H2-,51,52,53,55,56,57,58,59,60);/q-1;+2/p-1. The Balaban J connectivity index is 0.00000490.